The Morgan fingerprint density at radius 2 is 2.03 bits per heavy atom. The zero-order valence-electron chi connectivity index (χ0n) is 16.5. The number of pyridine rings is 2. The molecule has 0 aliphatic carbocycles. The number of aryl methyl sites for hydroxylation is 3. The van der Waals surface area contributed by atoms with Crippen LogP contribution in [0.5, 0.6) is 0 Å². The minimum atomic E-state index is -0.632. The Bertz CT molecular complexity index is 1290. The van der Waals surface area contributed by atoms with Crippen molar-refractivity contribution in [1.82, 2.24) is 19.3 Å². The van der Waals surface area contributed by atoms with Crippen LogP contribution in [0.1, 0.15) is 18.1 Å². The van der Waals surface area contributed by atoms with Crippen LogP contribution in [0.3, 0.4) is 0 Å². The molecule has 0 radical (unpaired) electrons. The molecular formula is C21H21ClFN5O. The fraction of sp³-hybridized carbons (Fsp3) is 0.286. The van der Waals surface area contributed by atoms with E-state index in [4.69, 9.17) is 11.6 Å². The van der Waals surface area contributed by atoms with E-state index in [1.54, 1.807) is 23.7 Å². The third kappa shape index (κ3) is 3.35. The molecule has 1 N–H and O–H groups in total. The third-order valence-electron chi connectivity index (χ3n) is 5.12. The van der Waals surface area contributed by atoms with E-state index in [1.807, 2.05) is 30.8 Å². The number of benzene rings is 1. The first-order chi connectivity index (χ1) is 13.9. The van der Waals surface area contributed by atoms with Crippen LogP contribution in [0.15, 0.2) is 35.3 Å². The summed E-state index contributed by atoms with van der Waals surface area (Å²) in [6, 6.07) is 7.10. The normalized spacial score (nSPS) is 11.5. The molecule has 0 amide bonds. The average Bonchev–Trinajstić information content (AvgIpc) is 3.11. The average molecular weight is 414 g/mol. The largest absolute Gasteiger partial charge is 0.381 e. The maximum Gasteiger partial charge on any atom is 0.259 e. The molecule has 0 aliphatic heterocycles. The van der Waals surface area contributed by atoms with Crippen LogP contribution in [-0.2, 0) is 20.0 Å². The lowest BCUT2D eigenvalue weighted by atomic mass is 9.98. The highest BCUT2D eigenvalue weighted by atomic mass is 35.5. The van der Waals surface area contributed by atoms with Crippen molar-refractivity contribution in [3.63, 3.8) is 0 Å². The predicted molar refractivity (Wildman–Crippen MR) is 114 cm³/mol. The Labute approximate surface area is 171 Å². The molecule has 4 rings (SSSR count). The SMILES string of the molecule is CCn1ncc2c3c(CCNc4ccc(Cl)nc4F)cc(C)cc3c(=O)n(C)c21. The van der Waals surface area contributed by atoms with Crippen molar-refractivity contribution >= 4 is 39.1 Å². The Kier molecular flexibility index (Phi) is 5.00. The number of anilines is 1. The van der Waals surface area contributed by atoms with Crippen LogP contribution in [0, 0.1) is 12.9 Å². The van der Waals surface area contributed by atoms with Crippen molar-refractivity contribution in [1.29, 1.82) is 0 Å². The lowest BCUT2D eigenvalue weighted by Gasteiger charge is -2.13. The van der Waals surface area contributed by atoms with Crippen LogP contribution in [0.4, 0.5) is 10.1 Å². The Morgan fingerprint density at radius 3 is 2.76 bits per heavy atom. The van der Waals surface area contributed by atoms with E-state index < -0.39 is 5.95 Å². The Hall–Kier alpha value is -2.93. The fourth-order valence-electron chi connectivity index (χ4n) is 3.84. The lowest BCUT2D eigenvalue weighted by Crippen LogP contribution is -2.20. The zero-order chi connectivity index (χ0) is 20.7. The van der Waals surface area contributed by atoms with Crippen LogP contribution in [0.2, 0.25) is 5.15 Å². The summed E-state index contributed by atoms with van der Waals surface area (Å²) in [7, 11) is 1.78. The maximum absolute atomic E-state index is 13.9. The van der Waals surface area contributed by atoms with Crippen LogP contribution < -0.4 is 10.9 Å². The van der Waals surface area contributed by atoms with Crippen LogP contribution in [0.25, 0.3) is 21.8 Å². The standard InChI is InChI=1S/C21H21ClFN5O/c1-4-28-20-15(11-25-28)18-13(9-12(2)10-14(18)21(29)27(20)3)7-8-24-16-5-6-17(22)26-19(16)23/h5-6,9-11,24H,4,7-8H2,1-3H3. The summed E-state index contributed by atoms with van der Waals surface area (Å²) in [5.41, 5.74) is 3.08. The topological polar surface area (TPSA) is 64.7 Å². The Morgan fingerprint density at radius 1 is 1.24 bits per heavy atom. The number of nitrogens with one attached hydrogen (secondary N) is 1. The number of fused-ring (bicyclic) bond motifs is 3. The van der Waals surface area contributed by atoms with E-state index >= 15 is 0 Å². The predicted octanol–water partition coefficient (Wildman–Crippen LogP) is 4.06. The molecule has 29 heavy (non-hydrogen) atoms. The molecule has 0 saturated carbocycles. The van der Waals surface area contributed by atoms with Gasteiger partial charge in [0, 0.05) is 36.3 Å². The molecule has 0 saturated heterocycles. The molecule has 0 aliphatic rings. The van der Waals surface area contributed by atoms with Gasteiger partial charge in [0.15, 0.2) is 0 Å². The molecule has 150 valence electrons. The molecule has 6 nitrogen and oxygen atoms in total. The smallest absolute Gasteiger partial charge is 0.259 e. The van der Waals surface area contributed by atoms with E-state index in [2.05, 4.69) is 21.5 Å². The highest BCUT2D eigenvalue weighted by Crippen LogP contribution is 2.28. The van der Waals surface area contributed by atoms with E-state index in [-0.39, 0.29) is 10.7 Å². The molecular weight excluding hydrogens is 393 g/mol. The summed E-state index contributed by atoms with van der Waals surface area (Å²) in [4.78, 5) is 16.6. The van der Waals surface area contributed by atoms with Crippen molar-refractivity contribution in [3.8, 4) is 0 Å². The van der Waals surface area contributed by atoms with Gasteiger partial charge in [-0.1, -0.05) is 23.2 Å². The molecule has 8 heteroatoms. The van der Waals surface area contributed by atoms with Gasteiger partial charge in [0.25, 0.3) is 5.56 Å². The molecule has 4 aromatic rings. The third-order valence-corrected chi connectivity index (χ3v) is 5.33. The van der Waals surface area contributed by atoms with Gasteiger partial charge in [0.2, 0.25) is 5.95 Å². The van der Waals surface area contributed by atoms with Gasteiger partial charge in [-0.2, -0.15) is 9.49 Å². The van der Waals surface area contributed by atoms with E-state index in [0.717, 1.165) is 27.5 Å². The quantitative estimate of drug-likeness (QED) is 0.501. The molecule has 1 aromatic carbocycles. The molecule has 0 bridgehead atoms. The summed E-state index contributed by atoms with van der Waals surface area (Å²) in [6.07, 6.45) is 2.43. The number of hydrogen-bond donors (Lipinski definition) is 1. The van der Waals surface area contributed by atoms with Crippen molar-refractivity contribution < 1.29 is 4.39 Å². The van der Waals surface area contributed by atoms with Gasteiger partial charge in [0.1, 0.15) is 10.8 Å². The van der Waals surface area contributed by atoms with Gasteiger partial charge in [0.05, 0.1) is 11.9 Å². The van der Waals surface area contributed by atoms with Crippen molar-refractivity contribution in [2.45, 2.75) is 26.8 Å². The molecule has 0 spiro atoms. The minimum absolute atomic E-state index is 0.0476. The fourth-order valence-corrected chi connectivity index (χ4v) is 3.98. The van der Waals surface area contributed by atoms with Gasteiger partial charge in [-0.25, -0.2) is 9.67 Å². The number of rotatable bonds is 5. The highest BCUT2D eigenvalue weighted by molar-refractivity contribution is 6.29. The molecule has 3 aromatic heterocycles. The Balaban J connectivity index is 1.78. The van der Waals surface area contributed by atoms with Crippen molar-refractivity contribution in [2.24, 2.45) is 7.05 Å². The summed E-state index contributed by atoms with van der Waals surface area (Å²) in [5, 5.41) is 10.1. The van der Waals surface area contributed by atoms with Gasteiger partial charge in [-0.05, 0) is 44.0 Å². The summed E-state index contributed by atoms with van der Waals surface area (Å²) < 4.78 is 17.4. The summed E-state index contributed by atoms with van der Waals surface area (Å²) in [5.74, 6) is -0.632. The van der Waals surface area contributed by atoms with E-state index in [0.29, 0.717) is 30.6 Å². The number of nitrogens with zero attached hydrogens (tertiary/aromatic N) is 4. The lowest BCUT2D eigenvalue weighted by molar-refractivity contribution is 0.587. The second-order valence-corrected chi connectivity index (χ2v) is 7.44. The van der Waals surface area contributed by atoms with Crippen molar-refractivity contribution in [3.05, 3.63) is 63.0 Å². The molecule has 0 atom stereocenters. The van der Waals surface area contributed by atoms with Gasteiger partial charge >= 0.3 is 0 Å². The first kappa shape index (κ1) is 19.4. The maximum atomic E-state index is 13.9. The first-order valence-corrected chi connectivity index (χ1v) is 9.82. The zero-order valence-corrected chi connectivity index (χ0v) is 17.2. The summed E-state index contributed by atoms with van der Waals surface area (Å²) >= 11 is 5.71. The second kappa shape index (κ2) is 7.48. The first-order valence-electron chi connectivity index (χ1n) is 9.44. The highest BCUT2D eigenvalue weighted by Gasteiger charge is 2.16. The minimum Gasteiger partial charge on any atom is -0.381 e. The van der Waals surface area contributed by atoms with E-state index in [1.165, 1.54) is 0 Å². The second-order valence-electron chi connectivity index (χ2n) is 7.06. The molecule has 0 fully saturated rings. The van der Waals surface area contributed by atoms with Crippen LogP contribution in [-0.4, -0.2) is 25.9 Å². The van der Waals surface area contributed by atoms with Crippen molar-refractivity contribution in [2.75, 3.05) is 11.9 Å². The number of hydrogen-bond acceptors (Lipinski definition) is 4. The molecule has 3 heterocycles. The van der Waals surface area contributed by atoms with Gasteiger partial charge in [-0.15, -0.1) is 0 Å². The van der Waals surface area contributed by atoms with Gasteiger partial charge in [-0.3, -0.25) is 9.36 Å². The molecule has 0 unspecified atom stereocenters. The monoisotopic (exact) mass is 413 g/mol. The van der Waals surface area contributed by atoms with Gasteiger partial charge < -0.3 is 5.32 Å². The number of aromatic nitrogens is 4. The van der Waals surface area contributed by atoms with Crippen LogP contribution >= 0.6 is 11.6 Å². The van der Waals surface area contributed by atoms with E-state index in [9.17, 15) is 9.18 Å². The summed E-state index contributed by atoms with van der Waals surface area (Å²) in [6.45, 7) is 5.12. The number of halogens is 2.